The van der Waals surface area contributed by atoms with Crippen molar-refractivity contribution in [3.63, 3.8) is 0 Å². The third kappa shape index (κ3) is 0.589. The van der Waals surface area contributed by atoms with E-state index < -0.39 is 0 Å². The second-order valence-electron chi connectivity index (χ2n) is 1.70. The summed E-state index contributed by atoms with van der Waals surface area (Å²) in [6, 6.07) is 0.175. The summed E-state index contributed by atoms with van der Waals surface area (Å²) in [5.74, 6) is -0.0471. The fraction of sp³-hybridized carbons (Fsp3) is 0.750. The second-order valence-corrected chi connectivity index (χ2v) is 2.17. The van der Waals surface area contributed by atoms with E-state index in [0.717, 1.165) is 0 Å². The monoisotopic (exact) mass is 119 g/mol. The lowest BCUT2D eigenvalue weighted by Gasteiger charge is -2.28. The van der Waals surface area contributed by atoms with Crippen LogP contribution in [0.15, 0.2) is 0 Å². The second kappa shape index (κ2) is 1.37. The Hall–Kier alpha value is -0.240. The van der Waals surface area contributed by atoms with Crippen molar-refractivity contribution in [3.8, 4) is 0 Å². The molecule has 7 heavy (non-hydrogen) atoms. The Labute approximate surface area is 46.8 Å². The Kier molecular flexibility index (Phi) is 0.961. The van der Waals surface area contributed by atoms with Crippen molar-refractivity contribution in [2.24, 2.45) is 0 Å². The number of β-lactam (4-membered cyclic amide) rings is 1. The molecule has 1 aliphatic heterocycles. The molecule has 1 N–H and O–H groups in total. The molecule has 0 aromatic rings. The highest BCUT2D eigenvalue weighted by Gasteiger charge is 2.33. The number of amides is 1. The summed E-state index contributed by atoms with van der Waals surface area (Å²) in [4.78, 5) is 10.2. The van der Waals surface area contributed by atoms with Gasteiger partial charge < -0.3 is 5.32 Å². The van der Waals surface area contributed by atoms with E-state index in [9.17, 15) is 4.79 Å². The number of halogens is 1. The summed E-state index contributed by atoms with van der Waals surface area (Å²) < 4.78 is 0. The van der Waals surface area contributed by atoms with Crippen LogP contribution in [0, 0.1) is 0 Å². The first-order valence-corrected chi connectivity index (χ1v) is 2.60. The maximum Gasteiger partial charge on any atom is 0.240 e. The molecule has 3 heteroatoms. The van der Waals surface area contributed by atoms with E-state index in [1.54, 1.807) is 0 Å². The van der Waals surface area contributed by atoms with Gasteiger partial charge in [0.1, 0.15) is 5.38 Å². The normalized spacial score (nSPS) is 39.4. The Morgan fingerprint density at radius 3 is 2.43 bits per heavy atom. The Bertz CT molecular complexity index is 104. The highest BCUT2D eigenvalue weighted by molar-refractivity contribution is 6.33. The molecule has 0 bridgehead atoms. The van der Waals surface area contributed by atoms with Gasteiger partial charge in [-0.1, -0.05) is 0 Å². The van der Waals surface area contributed by atoms with Gasteiger partial charge in [-0.15, -0.1) is 11.6 Å². The predicted octanol–water partition coefficient (Wildman–Crippen LogP) is 0.112. The molecule has 1 heterocycles. The molecular formula is C4H6ClNO. The van der Waals surface area contributed by atoms with Crippen LogP contribution in [0.25, 0.3) is 0 Å². The zero-order chi connectivity index (χ0) is 5.44. The van der Waals surface area contributed by atoms with Gasteiger partial charge in [-0.25, -0.2) is 0 Å². The largest absolute Gasteiger partial charge is 0.350 e. The van der Waals surface area contributed by atoms with E-state index in [4.69, 9.17) is 11.6 Å². The van der Waals surface area contributed by atoms with Crippen molar-refractivity contribution in [2.45, 2.75) is 18.3 Å². The molecule has 1 aliphatic rings. The lowest BCUT2D eigenvalue weighted by molar-refractivity contribution is -0.127. The minimum absolute atomic E-state index is 0.0471. The van der Waals surface area contributed by atoms with Gasteiger partial charge >= 0.3 is 0 Å². The van der Waals surface area contributed by atoms with Gasteiger partial charge in [-0.3, -0.25) is 4.79 Å². The van der Waals surface area contributed by atoms with Crippen LogP contribution in [0.5, 0.6) is 0 Å². The first-order chi connectivity index (χ1) is 3.22. The lowest BCUT2D eigenvalue weighted by Crippen LogP contribution is -2.57. The number of alkyl halides is 1. The van der Waals surface area contributed by atoms with Gasteiger partial charge in [0, 0.05) is 0 Å². The maximum absolute atomic E-state index is 10.2. The highest BCUT2D eigenvalue weighted by atomic mass is 35.5. The number of carbonyl (C=O) groups is 1. The van der Waals surface area contributed by atoms with Gasteiger partial charge in [-0.05, 0) is 6.92 Å². The summed E-state index contributed by atoms with van der Waals surface area (Å²) in [5.41, 5.74) is 0. The third-order valence-electron chi connectivity index (χ3n) is 1.06. The molecular weight excluding hydrogens is 114 g/mol. The van der Waals surface area contributed by atoms with Crippen molar-refractivity contribution in [2.75, 3.05) is 0 Å². The average molecular weight is 120 g/mol. The smallest absolute Gasteiger partial charge is 0.240 e. The summed E-state index contributed by atoms with van der Waals surface area (Å²) in [5, 5.41) is 2.31. The molecule has 0 radical (unpaired) electrons. The van der Waals surface area contributed by atoms with Crippen LogP contribution in [0.3, 0.4) is 0 Å². The van der Waals surface area contributed by atoms with E-state index in [-0.39, 0.29) is 17.3 Å². The van der Waals surface area contributed by atoms with Crippen LogP contribution >= 0.6 is 11.6 Å². The van der Waals surface area contributed by atoms with E-state index in [2.05, 4.69) is 5.32 Å². The molecule has 0 aromatic carbocycles. The summed E-state index contributed by atoms with van der Waals surface area (Å²) in [6.07, 6.45) is 0. The third-order valence-corrected chi connectivity index (χ3v) is 1.64. The lowest BCUT2D eigenvalue weighted by atomic mass is 10.1. The fourth-order valence-corrected chi connectivity index (χ4v) is 0.634. The SMILES string of the molecule is C[C@H]1NC(=O)[C@@H]1Cl. The van der Waals surface area contributed by atoms with Crippen LogP contribution in [0.1, 0.15) is 6.92 Å². The minimum atomic E-state index is -0.278. The van der Waals surface area contributed by atoms with Crippen molar-refractivity contribution in [3.05, 3.63) is 0 Å². The molecule has 0 aliphatic carbocycles. The van der Waals surface area contributed by atoms with Crippen LogP contribution in [-0.2, 0) is 4.79 Å². The number of hydrogen-bond donors (Lipinski definition) is 1. The molecule has 1 fully saturated rings. The molecule has 0 aromatic heterocycles. The molecule has 40 valence electrons. The number of nitrogens with one attached hydrogen (secondary N) is 1. The van der Waals surface area contributed by atoms with E-state index in [1.807, 2.05) is 6.92 Å². The molecule has 1 rings (SSSR count). The van der Waals surface area contributed by atoms with Gasteiger partial charge in [0.2, 0.25) is 5.91 Å². The zero-order valence-electron chi connectivity index (χ0n) is 3.94. The first-order valence-electron chi connectivity index (χ1n) is 2.16. The van der Waals surface area contributed by atoms with Crippen molar-refractivity contribution < 1.29 is 4.79 Å². The van der Waals surface area contributed by atoms with Gasteiger partial charge in [-0.2, -0.15) is 0 Å². The molecule has 2 atom stereocenters. The quantitative estimate of drug-likeness (QED) is 0.356. The van der Waals surface area contributed by atoms with Crippen molar-refractivity contribution in [1.29, 1.82) is 0 Å². The number of hydrogen-bond acceptors (Lipinski definition) is 1. The average Bonchev–Trinajstić information content (AvgIpc) is 1.68. The highest BCUT2D eigenvalue weighted by Crippen LogP contribution is 2.11. The Morgan fingerprint density at radius 2 is 2.43 bits per heavy atom. The van der Waals surface area contributed by atoms with E-state index in [0.29, 0.717) is 0 Å². The molecule has 0 unspecified atom stereocenters. The van der Waals surface area contributed by atoms with Crippen molar-refractivity contribution in [1.82, 2.24) is 5.32 Å². The number of carbonyl (C=O) groups excluding carboxylic acids is 1. The summed E-state index contributed by atoms with van der Waals surface area (Å²) >= 11 is 5.44. The Morgan fingerprint density at radius 1 is 1.86 bits per heavy atom. The Balaban J connectivity index is 2.43. The van der Waals surface area contributed by atoms with Crippen LogP contribution in [-0.4, -0.2) is 17.3 Å². The topological polar surface area (TPSA) is 29.1 Å². The zero-order valence-corrected chi connectivity index (χ0v) is 4.70. The summed E-state index contributed by atoms with van der Waals surface area (Å²) in [7, 11) is 0. The first kappa shape index (κ1) is 4.91. The standard InChI is InChI=1S/C4H6ClNO/c1-2-3(5)4(7)6-2/h2-3H,1H3,(H,6,7)/t2-,3-/m1/s1. The minimum Gasteiger partial charge on any atom is -0.350 e. The van der Waals surface area contributed by atoms with Crippen LogP contribution in [0.4, 0.5) is 0 Å². The summed E-state index contributed by atoms with van der Waals surface area (Å²) in [6.45, 7) is 1.87. The molecule has 0 saturated carbocycles. The fourth-order valence-electron chi connectivity index (χ4n) is 0.508. The molecule has 0 spiro atoms. The van der Waals surface area contributed by atoms with Gasteiger partial charge in [0.15, 0.2) is 0 Å². The maximum atomic E-state index is 10.2. The predicted molar refractivity (Wildman–Crippen MR) is 27.2 cm³/mol. The van der Waals surface area contributed by atoms with Crippen LogP contribution < -0.4 is 5.32 Å². The number of rotatable bonds is 0. The van der Waals surface area contributed by atoms with Gasteiger partial charge in [0.05, 0.1) is 6.04 Å². The molecule has 1 amide bonds. The molecule has 1 saturated heterocycles. The van der Waals surface area contributed by atoms with E-state index in [1.165, 1.54) is 0 Å². The van der Waals surface area contributed by atoms with E-state index >= 15 is 0 Å². The van der Waals surface area contributed by atoms with Gasteiger partial charge in [0.25, 0.3) is 0 Å². The molecule has 2 nitrogen and oxygen atoms in total. The van der Waals surface area contributed by atoms with Crippen molar-refractivity contribution >= 4 is 17.5 Å². The van der Waals surface area contributed by atoms with Crippen LogP contribution in [0.2, 0.25) is 0 Å².